The molecule has 0 radical (unpaired) electrons. The van der Waals surface area contributed by atoms with Crippen molar-refractivity contribution in [1.29, 1.82) is 0 Å². The quantitative estimate of drug-likeness (QED) is 0.0587. The lowest BCUT2D eigenvalue weighted by Gasteiger charge is -2.35. The van der Waals surface area contributed by atoms with Crippen LogP contribution in [0.4, 0.5) is 0 Å². The molecule has 0 aliphatic rings. The standard InChI is InChI=1S/C19H31N5O3S.C18H29N5O3S/c1-8-12(4)16(22-23-20)18(25)24(6)15(11(2)3)9-13(5)17-21-14(10-28-17)19(26)27-7;1-7-11(4)15(22-23-19)16(24)20-13(10(2)3)8-12(5)17-21-14(9-27-17)18(25)26-6/h10-13,15-16H,8-9H2,1-7H3;9-13,15H,7-8H2,1-6H3,(H,20,24)/t12-,13+,15+,16-;11-,12+,13+,15-/m00/s1. The van der Waals surface area contributed by atoms with Crippen LogP contribution in [-0.2, 0) is 19.1 Å². The molecule has 1 N–H and O–H groups in total. The van der Waals surface area contributed by atoms with Crippen molar-refractivity contribution in [2.75, 3.05) is 21.3 Å². The molecule has 0 aliphatic heterocycles. The summed E-state index contributed by atoms with van der Waals surface area (Å²) in [6.45, 7) is 20.0. The van der Waals surface area contributed by atoms with Gasteiger partial charge in [0.05, 0.1) is 24.2 Å². The molecule has 2 heterocycles. The predicted molar refractivity (Wildman–Crippen MR) is 216 cm³/mol. The van der Waals surface area contributed by atoms with Crippen molar-refractivity contribution in [2.45, 2.75) is 131 Å². The van der Waals surface area contributed by atoms with Crippen LogP contribution in [0, 0.1) is 23.7 Å². The van der Waals surface area contributed by atoms with E-state index >= 15 is 0 Å². The fourth-order valence-electron chi connectivity index (χ4n) is 5.77. The summed E-state index contributed by atoms with van der Waals surface area (Å²) in [4.78, 5) is 65.0. The van der Waals surface area contributed by atoms with Gasteiger partial charge in [0.25, 0.3) is 0 Å². The molecule has 0 aliphatic carbocycles. The molecule has 2 aromatic heterocycles. The number of rotatable bonds is 20. The van der Waals surface area contributed by atoms with E-state index in [-0.39, 0.29) is 59.4 Å². The summed E-state index contributed by atoms with van der Waals surface area (Å²) >= 11 is 2.82. The Kier molecular flexibility index (Phi) is 21.6. The number of carbonyl (C=O) groups excluding carboxylic acids is 4. The average molecular weight is 805 g/mol. The maximum absolute atomic E-state index is 13.0. The molecule has 2 amide bonds. The Labute approximate surface area is 333 Å². The number of nitrogens with zero attached hydrogens (tertiary/aromatic N) is 9. The molecular formula is C37H60N10O6S2. The molecule has 2 aromatic rings. The van der Waals surface area contributed by atoms with Gasteiger partial charge in [-0.25, -0.2) is 19.6 Å². The Morgan fingerprint density at radius 1 is 0.764 bits per heavy atom. The predicted octanol–water partition coefficient (Wildman–Crippen LogP) is 8.92. The third kappa shape index (κ3) is 14.7. The first-order chi connectivity index (χ1) is 25.9. The molecule has 55 heavy (non-hydrogen) atoms. The zero-order chi connectivity index (χ0) is 42.0. The van der Waals surface area contributed by atoms with Crippen LogP contribution >= 0.6 is 22.7 Å². The SMILES string of the molecule is CC[C@H](C)[C@H](N=[N+]=[N-])C(=O)N(C)[C@H](C[C@@H](C)c1nc(C(=O)OC)cs1)C(C)C.CC[C@H](C)[C@H](N=[N+]=[N-])C(=O)N[C@H](C[C@@H](C)c1nc(C(=O)OC)cs1)C(C)C. The van der Waals surface area contributed by atoms with Gasteiger partial charge in [-0.15, -0.1) is 22.7 Å². The topological polar surface area (TPSA) is 225 Å². The van der Waals surface area contributed by atoms with Crippen molar-refractivity contribution < 1.29 is 28.7 Å². The Hall–Kier alpha value is -4.24. The molecule has 0 fully saturated rings. The Morgan fingerprint density at radius 3 is 1.60 bits per heavy atom. The smallest absolute Gasteiger partial charge is 0.357 e. The molecule has 18 heteroatoms. The van der Waals surface area contributed by atoms with Crippen LogP contribution in [0.5, 0.6) is 0 Å². The van der Waals surface area contributed by atoms with Crippen LogP contribution in [0.1, 0.15) is 138 Å². The molecule has 306 valence electrons. The lowest BCUT2D eigenvalue weighted by Crippen LogP contribution is -2.46. The number of likely N-dealkylation sites (N-methyl/N-ethyl adjacent to an activating group) is 1. The number of methoxy groups -OCH3 is 2. The number of hydrogen-bond donors (Lipinski definition) is 1. The maximum Gasteiger partial charge on any atom is 0.357 e. The zero-order valence-corrected chi connectivity index (χ0v) is 36.2. The fraction of sp³-hybridized carbons (Fsp3) is 0.730. The first-order valence-corrected chi connectivity index (χ1v) is 20.4. The molecule has 16 nitrogen and oxygen atoms in total. The number of carbonyl (C=O) groups is 4. The van der Waals surface area contributed by atoms with E-state index < -0.39 is 24.0 Å². The summed E-state index contributed by atoms with van der Waals surface area (Å²) in [5.41, 5.74) is 18.2. The summed E-state index contributed by atoms with van der Waals surface area (Å²) in [6.07, 6.45) is 2.86. The fourth-order valence-corrected chi connectivity index (χ4v) is 7.50. The molecule has 0 bridgehead atoms. The Balaban J connectivity index is 0.000000550. The van der Waals surface area contributed by atoms with Gasteiger partial charge in [-0.05, 0) is 47.6 Å². The van der Waals surface area contributed by atoms with E-state index in [1.165, 1.54) is 36.9 Å². The Bertz CT molecular complexity index is 1630. The minimum Gasteiger partial charge on any atom is -0.464 e. The van der Waals surface area contributed by atoms with Crippen LogP contribution < -0.4 is 5.32 Å². The van der Waals surface area contributed by atoms with E-state index in [1.54, 1.807) is 22.7 Å². The van der Waals surface area contributed by atoms with Gasteiger partial charge in [0.15, 0.2) is 11.4 Å². The highest BCUT2D eigenvalue weighted by Crippen LogP contribution is 2.30. The minimum absolute atomic E-state index is 0.0299. The van der Waals surface area contributed by atoms with Crippen LogP contribution in [0.25, 0.3) is 20.9 Å². The summed E-state index contributed by atoms with van der Waals surface area (Å²) < 4.78 is 9.41. The highest BCUT2D eigenvalue weighted by Gasteiger charge is 2.33. The molecule has 0 aromatic carbocycles. The van der Waals surface area contributed by atoms with E-state index in [0.717, 1.165) is 22.9 Å². The molecular weight excluding hydrogens is 745 g/mol. The number of amides is 2. The zero-order valence-electron chi connectivity index (χ0n) is 34.5. The van der Waals surface area contributed by atoms with Gasteiger partial charge in [-0.3, -0.25) is 9.59 Å². The third-order valence-corrected chi connectivity index (χ3v) is 12.0. The van der Waals surface area contributed by atoms with Crippen molar-refractivity contribution in [3.05, 3.63) is 53.0 Å². The molecule has 0 unspecified atom stereocenters. The highest BCUT2D eigenvalue weighted by atomic mass is 32.1. The molecule has 0 spiro atoms. The lowest BCUT2D eigenvalue weighted by atomic mass is 9.91. The third-order valence-electron chi connectivity index (χ3n) is 9.87. The van der Waals surface area contributed by atoms with Crippen LogP contribution in [0.15, 0.2) is 21.0 Å². The largest absolute Gasteiger partial charge is 0.464 e. The number of nitrogens with one attached hydrogen (secondary N) is 1. The van der Waals surface area contributed by atoms with Crippen LogP contribution in [0.3, 0.4) is 0 Å². The second-order valence-electron chi connectivity index (χ2n) is 14.6. The van der Waals surface area contributed by atoms with E-state index in [1.807, 2.05) is 55.4 Å². The van der Waals surface area contributed by atoms with Crippen molar-refractivity contribution >= 4 is 46.4 Å². The summed E-state index contributed by atoms with van der Waals surface area (Å²) in [6, 6.07) is -1.57. The number of esters is 2. The maximum atomic E-state index is 13.0. The van der Waals surface area contributed by atoms with E-state index in [2.05, 4.69) is 49.2 Å². The van der Waals surface area contributed by atoms with E-state index in [9.17, 15) is 19.2 Å². The first-order valence-electron chi connectivity index (χ1n) is 18.6. The van der Waals surface area contributed by atoms with E-state index in [4.69, 9.17) is 20.5 Å². The molecule has 8 atom stereocenters. The summed E-state index contributed by atoms with van der Waals surface area (Å²) in [7, 11) is 4.42. The second kappa shape index (κ2) is 24.3. The molecule has 0 saturated carbocycles. The first kappa shape index (κ1) is 48.8. The van der Waals surface area contributed by atoms with Crippen molar-refractivity contribution in [3.63, 3.8) is 0 Å². The van der Waals surface area contributed by atoms with Crippen LogP contribution in [-0.4, -0.2) is 84.1 Å². The van der Waals surface area contributed by atoms with Gasteiger partial charge in [0.1, 0.15) is 12.1 Å². The van der Waals surface area contributed by atoms with Crippen LogP contribution in [0.2, 0.25) is 0 Å². The lowest BCUT2D eigenvalue weighted by molar-refractivity contribution is -0.135. The average Bonchev–Trinajstić information content (AvgIpc) is 3.87. The minimum atomic E-state index is -0.720. The number of hydrogen-bond acceptors (Lipinski definition) is 12. The van der Waals surface area contributed by atoms with Gasteiger partial charge < -0.3 is 19.7 Å². The summed E-state index contributed by atoms with van der Waals surface area (Å²) in [5, 5.41) is 15.5. The molecule has 2 rings (SSSR count). The van der Waals surface area contributed by atoms with Crippen molar-refractivity contribution in [2.24, 2.45) is 33.9 Å². The molecule has 0 saturated heterocycles. The Morgan fingerprint density at radius 2 is 1.20 bits per heavy atom. The number of azide groups is 2. The van der Waals surface area contributed by atoms with Crippen molar-refractivity contribution in [1.82, 2.24) is 20.2 Å². The van der Waals surface area contributed by atoms with Gasteiger partial charge in [0.2, 0.25) is 11.8 Å². The number of thiazole rings is 2. The van der Waals surface area contributed by atoms with Gasteiger partial charge in [0, 0.05) is 51.6 Å². The van der Waals surface area contributed by atoms with Gasteiger partial charge in [-0.2, -0.15) is 0 Å². The van der Waals surface area contributed by atoms with Crippen molar-refractivity contribution in [3.8, 4) is 0 Å². The number of ether oxygens (including phenoxy) is 2. The van der Waals surface area contributed by atoms with Gasteiger partial charge >= 0.3 is 11.9 Å². The highest BCUT2D eigenvalue weighted by molar-refractivity contribution is 7.10. The second-order valence-corrected chi connectivity index (χ2v) is 16.4. The summed E-state index contributed by atoms with van der Waals surface area (Å²) in [5.74, 6) is -0.854. The van der Waals surface area contributed by atoms with Gasteiger partial charge in [-0.1, -0.05) is 92.3 Å². The monoisotopic (exact) mass is 804 g/mol. The number of aromatic nitrogens is 2. The van der Waals surface area contributed by atoms with E-state index in [0.29, 0.717) is 24.2 Å². The normalized spacial score (nSPS) is 15.3.